The van der Waals surface area contributed by atoms with E-state index in [1.807, 2.05) is 44.2 Å². The largest absolute Gasteiger partial charge is 0.370 e. The van der Waals surface area contributed by atoms with E-state index < -0.39 is 5.69 Å². The molecule has 1 heterocycles. The van der Waals surface area contributed by atoms with Crippen molar-refractivity contribution >= 4 is 23.4 Å². The molecule has 0 bridgehead atoms. The van der Waals surface area contributed by atoms with Gasteiger partial charge in [0.15, 0.2) is 5.16 Å². The minimum absolute atomic E-state index is 0.0872. The van der Waals surface area contributed by atoms with Crippen LogP contribution in [-0.4, -0.2) is 26.3 Å². The fraction of sp³-hybridized carbons (Fsp3) is 0.304. The standard InChI is InChI=1S/C23H27N5O2S/c1-14(2)18-9-7-17(8-10-18)12-20-26-22(27-23(30)28(20)24)31-13-21(29)25-19-11-15(3)5-6-16(19)4/h5-11,14H,12-13,24H2,1-4H3,(H,25,29). The van der Waals surface area contributed by atoms with Gasteiger partial charge in [-0.05, 0) is 48.1 Å². The Morgan fingerprint density at radius 3 is 2.52 bits per heavy atom. The van der Waals surface area contributed by atoms with Crippen LogP contribution >= 0.6 is 11.8 Å². The Morgan fingerprint density at radius 1 is 1.13 bits per heavy atom. The monoisotopic (exact) mass is 437 g/mol. The number of aryl methyl sites for hydroxylation is 2. The quantitative estimate of drug-likeness (QED) is 0.434. The number of anilines is 1. The third kappa shape index (κ3) is 5.95. The lowest BCUT2D eigenvalue weighted by Gasteiger charge is -2.11. The molecular formula is C23H27N5O2S. The molecule has 0 fully saturated rings. The fourth-order valence-electron chi connectivity index (χ4n) is 3.01. The normalized spacial score (nSPS) is 11.0. The van der Waals surface area contributed by atoms with Gasteiger partial charge in [0.25, 0.3) is 0 Å². The summed E-state index contributed by atoms with van der Waals surface area (Å²) in [5, 5.41) is 3.13. The summed E-state index contributed by atoms with van der Waals surface area (Å²) in [5.41, 5.74) is 4.45. The maximum absolute atomic E-state index is 12.4. The molecule has 31 heavy (non-hydrogen) atoms. The molecule has 3 rings (SSSR count). The van der Waals surface area contributed by atoms with Crippen molar-refractivity contribution in [2.45, 2.75) is 45.2 Å². The third-order valence-corrected chi connectivity index (χ3v) is 5.76. The van der Waals surface area contributed by atoms with Crippen LogP contribution in [0.25, 0.3) is 0 Å². The SMILES string of the molecule is Cc1ccc(C)c(NC(=O)CSc2nc(Cc3ccc(C(C)C)cc3)n(N)c(=O)n2)c1. The molecule has 0 saturated heterocycles. The maximum atomic E-state index is 12.4. The van der Waals surface area contributed by atoms with Crippen LogP contribution in [-0.2, 0) is 11.2 Å². The topological polar surface area (TPSA) is 103 Å². The van der Waals surface area contributed by atoms with E-state index in [0.29, 0.717) is 18.2 Å². The molecule has 0 aliphatic rings. The van der Waals surface area contributed by atoms with Gasteiger partial charge in [0.05, 0.1) is 5.75 Å². The molecule has 1 amide bonds. The molecule has 162 valence electrons. The van der Waals surface area contributed by atoms with E-state index in [1.165, 1.54) is 5.56 Å². The molecule has 0 unspecified atom stereocenters. The summed E-state index contributed by atoms with van der Waals surface area (Å²) >= 11 is 1.11. The molecule has 2 aromatic carbocycles. The smallest absolute Gasteiger partial charge is 0.333 e. The average molecular weight is 438 g/mol. The molecule has 0 saturated carbocycles. The maximum Gasteiger partial charge on any atom is 0.370 e. The highest BCUT2D eigenvalue weighted by Gasteiger charge is 2.12. The van der Waals surface area contributed by atoms with Crippen LogP contribution < -0.4 is 16.8 Å². The highest BCUT2D eigenvalue weighted by molar-refractivity contribution is 7.99. The van der Waals surface area contributed by atoms with Crippen LogP contribution in [0.15, 0.2) is 52.4 Å². The van der Waals surface area contributed by atoms with Crippen LogP contribution in [0.1, 0.15) is 47.8 Å². The number of nitrogens with two attached hydrogens (primary N) is 1. The van der Waals surface area contributed by atoms with Crippen molar-refractivity contribution in [1.82, 2.24) is 14.6 Å². The Bertz CT molecular complexity index is 1140. The number of carbonyl (C=O) groups is 1. The first kappa shape index (κ1) is 22.6. The van der Waals surface area contributed by atoms with Gasteiger partial charge in [0, 0.05) is 12.1 Å². The molecule has 0 atom stereocenters. The van der Waals surface area contributed by atoms with Crippen molar-refractivity contribution in [3.63, 3.8) is 0 Å². The zero-order valence-corrected chi connectivity index (χ0v) is 19.0. The molecule has 0 aliphatic heterocycles. The second-order valence-electron chi connectivity index (χ2n) is 7.80. The van der Waals surface area contributed by atoms with Gasteiger partial charge in [-0.1, -0.05) is 62.0 Å². The van der Waals surface area contributed by atoms with Gasteiger partial charge < -0.3 is 11.2 Å². The summed E-state index contributed by atoms with van der Waals surface area (Å²) in [5.74, 6) is 6.60. The summed E-state index contributed by atoms with van der Waals surface area (Å²) in [6.45, 7) is 8.18. The lowest BCUT2D eigenvalue weighted by molar-refractivity contribution is -0.113. The lowest BCUT2D eigenvalue weighted by atomic mass is 10.0. The van der Waals surface area contributed by atoms with Gasteiger partial charge >= 0.3 is 5.69 Å². The Kier molecular flexibility index (Phi) is 7.12. The molecular weight excluding hydrogens is 410 g/mol. The Morgan fingerprint density at radius 2 is 1.84 bits per heavy atom. The van der Waals surface area contributed by atoms with E-state index in [1.54, 1.807) is 0 Å². The first-order valence-electron chi connectivity index (χ1n) is 10.1. The number of rotatable bonds is 7. The molecule has 3 N–H and O–H groups in total. The van der Waals surface area contributed by atoms with Crippen molar-refractivity contribution in [1.29, 1.82) is 0 Å². The number of carbonyl (C=O) groups excluding carboxylic acids is 1. The van der Waals surface area contributed by atoms with E-state index >= 15 is 0 Å². The van der Waals surface area contributed by atoms with Gasteiger partial charge in [-0.3, -0.25) is 4.79 Å². The second-order valence-corrected chi connectivity index (χ2v) is 8.75. The Labute approximate surface area is 186 Å². The molecule has 7 nitrogen and oxygen atoms in total. The van der Waals surface area contributed by atoms with Crippen molar-refractivity contribution in [2.24, 2.45) is 0 Å². The number of amides is 1. The van der Waals surface area contributed by atoms with E-state index in [4.69, 9.17) is 5.84 Å². The van der Waals surface area contributed by atoms with Gasteiger partial charge in [-0.15, -0.1) is 0 Å². The van der Waals surface area contributed by atoms with Crippen LogP contribution in [0.2, 0.25) is 0 Å². The van der Waals surface area contributed by atoms with Crippen molar-refractivity contribution in [3.05, 3.63) is 81.0 Å². The predicted molar refractivity (Wildman–Crippen MR) is 125 cm³/mol. The molecule has 0 spiro atoms. The van der Waals surface area contributed by atoms with Gasteiger partial charge in [0.1, 0.15) is 5.82 Å². The predicted octanol–water partition coefficient (Wildman–Crippen LogP) is 3.41. The number of aromatic nitrogens is 3. The molecule has 1 aromatic heterocycles. The van der Waals surface area contributed by atoms with Crippen LogP contribution in [0.5, 0.6) is 0 Å². The van der Waals surface area contributed by atoms with Crippen molar-refractivity contribution in [3.8, 4) is 0 Å². The first-order valence-corrected chi connectivity index (χ1v) is 11.0. The lowest BCUT2D eigenvalue weighted by Crippen LogP contribution is -2.34. The first-order chi connectivity index (χ1) is 14.7. The number of benzene rings is 2. The summed E-state index contributed by atoms with van der Waals surface area (Å²) in [6, 6.07) is 14.0. The summed E-state index contributed by atoms with van der Waals surface area (Å²) < 4.78 is 0.955. The molecule has 0 radical (unpaired) electrons. The van der Waals surface area contributed by atoms with E-state index in [2.05, 4.69) is 41.3 Å². The van der Waals surface area contributed by atoms with Gasteiger partial charge in [0.2, 0.25) is 5.91 Å². The average Bonchev–Trinajstić information content (AvgIpc) is 2.73. The zero-order chi connectivity index (χ0) is 22.5. The number of hydrogen-bond donors (Lipinski definition) is 2. The minimum Gasteiger partial charge on any atom is -0.333 e. The molecule has 3 aromatic rings. The number of nitrogen functional groups attached to an aromatic ring is 1. The number of hydrogen-bond acceptors (Lipinski definition) is 6. The minimum atomic E-state index is -0.596. The summed E-state index contributed by atoms with van der Waals surface area (Å²) in [6.07, 6.45) is 0.398. The van der Waals surface area contributed by atoms with Crippen molar-refractivity contribution < 1.29 is 4.79 Å². The van der Waals surface area contributed by atoms with Crippen LogP contribution in [0, 0.1) is 13.8 Å². The third-order valence-electron chi connectivity index (χ3n) is 4.91. The Hall–Kier alpha value is -3.13. The summed E-state index contributed by atoms with van der Waals surface area (Å²) in [7, 11) is 0. The van der Waals surface area contributed by atoms with E-state index in [-0.39, 0.29) is 16.8 Å². The van der Waals surface area contributed by atoms with Crippen LogP contribution in [0.3, 0.4) is 0 Å². The van der Waals surface area contributed by atoms with Crippen molar-refractivity contribution in [2.75, 3.05) is 16.9 Å². The van der Waals surface area contributed by atoms with E-state index in [9.17, 15) is 9.59 Å². The highest BCUT2D eigenvalue weighted by Crippen LogP contribution is 2.19. The fourth-order valence-corrected chi connectivity index (χ4v) is 3.66. The zero-order valence-electron chi connectivity index (χ0n) is 18.2. The number of nitrogens with zero attached hydrogens (tertiary/aromatic N) is 3. The Balaban J connectivity index is 1.69. The second kappa shape index (κ2) is 9.78. The number of nitrogens with one attached hydrogen (secondary N) is 1. The van der Waals surface area contributed by atoms with Gasteiger partial charge in [-0.25, -0.2) is 9.78 Å². The number of thioether (sulfide) groups is 1. The summed E-state index contributed by atoms with van der Waals surface area (Å²) in [4.78, 5) is 32.8. The van der Waals surface area contributed by atoms with Gasteiger partial charge in [-0.2, -0.15) is 9.66 Å². The molecule has 8 heteroatoms. The van der Waals surface area contributed by atoms with Crippen LogP contribution in [0.4, 0.5) is 5.69 Å². The molecule has 0 aliphatic carbocycles. The highest BCUT2D eigenvalue weighted by atomic mass is 32.2. The van der Waals surface area contributed by atoms with E-state index in [0.717, 1.165) is 38.8 Å².